The van der Waals surface area contributed by atoms with E-state index >= 15 is 0 Å². The van der Waals surface area contributed by atoms with Crippen LogP contribution in [0.1, 0.15) is 33.3 Å². The van der Waals surface area contributed by atoms with E-state index in [9.17, 15) is 4.79 Å². The van der Waals surface area contributed by atoms with Gasteiger partial charge in [-0.15, -0.1) is 11.3 Å². The highest BCUT2D eigenvalue weighted by Gasteiger charge is 2.27. The third kappa shape index (κ3) is 4.83. The number of ether oxygens (including phenoxy) is 1. The molecule has 0 fully saturated rings. The van der Waals surface area contributed by atoms with Crippen LogP contribution in [0.2, 0.25) is 0 Å². The fraction of sp³-hybridized carbons (Fsp3) is 0.118. The molecule has 0 saturated heterocycles. The van der Waals surface area contributed by atoms with Crippen molar-refractivity contribution in [3.8, 4) is 28.0 Å². The van der Waals surface area contributed by atoms with Gasteiger partial charge in [-0.3, -0.25) is 9.79 Å². The van der Waals surface area contributed by atoms with Gasteiger partial charge in [-0.05, 0) is 57.8 Å². The van der Waals surface area contributed by atoms with Gasteiger partial charge in [0.1, 0.15) is 17.6 Å². The summed E-state index contributed by atoms with van der Waals surface area (Å²) in [6.07, 6.45) is 0.313. The third-order valence-corrected chi connectivity index (χ3v) is 7.86. The van der Waals surface area contributed by atoms with Gasteiger partial charge in [-0.25, -0.2) is 0 Å². The Morgan fingerprint density at radius 1 is 0.842 bits per heavy atom. The first-order valence-electron chi connectivity index (χ1n) is 12.8. The van der Waals surface area contributed by atoms with Gasteiger partial charge >= 0.3 is 0 Å². The van der Waals surface area contributed by atoms with Crippen LogP contribution in [-0.2, 0) is 13.0 Å². The van der Waals surface area contributed by atoms with Gasteiger partial charge in [0.05, 0.1) is 11.4 Å². The molecular formula is C34H27NO2S. The molecule has 38 heavy (non-hydrogen) atoms. The summed E-state index contributed by atoms with van der Waals surface area (Å²) in [5.41, 5.74) is 8.53. The number of carbonyl (C=O) groups excluding carboxylic acids is 1. The maximum atomic E-state index is 13.9. The Kier molecular flexibility index (Phi) is 6.72. The molecule has 1 aromatic heterocycles. The fourth-order valence-electron chi connectivity index (χ4n) is 4.99. The van der Waals surface area contributed by atoms with E-state index in [1.807, 2.05) is 79.0 Å². The van der Waals surface area contributed by atoms with Crippen LogP contribution in [0.5, 0.6) is 5.75 Å². The molecule has 186 valence electrons. The van der Waals surface area contributed by atoms with E-state index in [0.717, 1.165) is 34.4 Å². The van der Waals surface area contributed by atoms with Gasteiger partial charge in [0.25, 0.3) is 0 Å². The van der Waals surface area contributed by atoms with Gasteiger partial charge in [0, 0.05) is 12.0 Å². The third-order valence-electron chi connectivity index (χ3n) is 6.93. The lowest BCUT2D eigenvalue weighted by molar-refractivity contribution is 0.105. The summed E-state index contributed by atoms with van der Waals surface area (Å²) in [5.74, 6) is 0.721. The zero-order valence-corrected chi connectivity index (χ0v) is 21.9. The van der Waals surface area contributed by atoms with Crippen molar-refractivity contribution in [3.05, 3.63) is 136 Å². The molecule has 4 heteroatoms. The predicted octanol–water partition coefficient (Wildman–Crippen LogP) is 8.28. The molecule has 5 aromatic rings. The van der Waals surface area contributed by atoms with E-state index in [-0.39, 0.29) is 5.78 Å². The van der Waals surface area contributed by atoms with E-state index in [0.29, 0.717) is 17.1 Å². The second-order valence-electron chi connectivity index (χ2n) is 9.46. The molecule has 1 atom stereocenters. The Balaban J connectivity index is 1.31. The van der Waals surface area contributed by atoms with E-state index in [1.165, 1.54) is 28.0 Å². The van der Waals surface area contributed by atoms with Gasteiger partial charge in [0.15, 0.2) is 0 Å². The van der Waals surface area contributed by atoms with Crippen molar-refractivity contribution in [1.29, 1.82) is 0 Å². The monoisotopic (exact) mass is 513 g/mol. The highest BCUT2D eigenvalue weighted by molar-refractivity contribution is 7.13. The molecule has 0 spiro atoms. The molecule has 3 nitrogen and oxygen atoms in total. The lowest BCUT2D eigenvalue weighted by Gasteiger charge is -2.19. The number of aliphatic imine (C=N–C) groups is 1. The van der Waals surface area contributed by atoms with Gasteiger partial charge < -0.3 is 4.74 Å². The Labute approximate surface area is 227 Å². The Bertz CT molecular complexity index is 1620. The standard InChI is InChI=1S/C34H27NO2S/c1-23(37-31-18-10-17-29-28-16-9-8-15-26(28)19-30(29)31)33(35-21-24-11-4-2-5-12-24)34(36)32-20-27(22-38-32)25-13-6-3-7-14-25/h2-18,20,22-23H,19,21H2,1H3. The number of thiophene rings is 1. The van der Waals surface area contributed by atoms with E-state index in [1.54, 1.807) is 0 Å². The van der Waals surface area contributed by atoms with Crippen LogP contribution < -0.4 is 4.74 Å². The molecule has 0 aliphatic heterocycles. The van der Waals surface area contributed by atoms with E-state index in [2.05, 4.69) is 42.5 Å². The summed E-state index contributed by atoms with van der Waals surface area (Å²) in [7, 11) is 0. The second-order valence-corrected chi connectivity index (χ2v) is 10.4. The number of Topliss-reactive ketones (excluding diaryl/α,β-unsaturated/α-hetero) is 1. The highest BCUT2D eigenvalue weighted by Crippen LogP contribution is 2.41. The molecule has 0 bridgehead atoms. The summed E-state index contributed by atoms with van der Waals surface area (Å²) in [4.78, 5) is 19.3. The largest absolute Gasteiger partial charge is 0.484 e. The second kappa shape index (κ2) is 10.6. The average molecular weight is 514 g/mol. The maximum Gasteiger partial charge on any atom is 0.220 e. The summed E-state index contributed by atoms with van der Waals surface area (Å²) in [6, 6.07) is 36.7. The Morgan fingerprint density at radius 2 is 1.55 bits per heavy atom. The minimum absolute atomic E-state index is 0.0866. The quantitative estimate of drug-likeness (QED) is 0.152. The summed E-state index contributed by atoms with van der Waals surface area (Å²) in [6.45, 7) is 2.35. The van der Waals surface area contributed by atoms with Crippen molar-refractivity contribution in [2.45, 2.75) is 26.0 Å². The maximum absolute atomic E-state index is 13.9. The molecular weight excluding hydrogens is 486 g/mol. The number of nitrogens with zero attached hydrogens (tertiary/aromatic N) is 1. The first kappa shape index (κ1) is 24.1. The van der Waals surface area contributed by atoms with E-state index < -0.39 is 6.10 Å². The van der Waals surface area contributed by atoms with Crippen molar-refractivity contribution in [2.24, 2.45) is 4.99 Å². The lowest BCUT2D eigenvalue weighted by Crippen LogP contribution is -2.31. The normalized spacial score (nSPS) is 13.0. The van der Waals surface area contributed by atoms with Crippen LogP contribution in [0.15, 0.2) is 120 Å². The number of ketones is 1. The van der Waals surface area contributed by atoms with Gasteiger partial charge in [-0.1, -0.05) is 97.1 Å². The smallest absolute Gasteiger partial charge is 0.220 e. The Hall–Kier alpha value is -4.28. The van der Waals surface area contributed by atoms with Crippen molar-refractivity contribution in [2.75, 3.05) is 0 Å². The molecule has 4 aromatic carbocycles. The van der Waals surface area contributed by atoms with Crippen molar-refractivity contribution >= 4 is 22.8 Å². The molecule has 0 amide bonds. The molecule has 1 aliphatic rings. The van der Waals surface area contributed by atoms with Crippen LogP contribution >= 0.6 is 11.3 Å². The summed E-state index contributed by atoms with van der Waals surface area (Å²) in [5, 5.41) is 2.03. The lowest BCUT2D eigenvalue weighted by atomic mass is 10.0. The van der Waals surface area contributed by atoms with Crippen LogP contribution in [-0.4, -0.2) is 17.6 Å². The summed E-state index contributed by atoms with van der Waals surface area (Å²) >= 11 is 1.45. The van der Waals surface area contributed by atoms with Crippen molar-refractivity contribution in [3.63, 3.8) is 0 Å². The molecule has 1 heterocycles. The van der Waals surface area contributed by atoms with Crippen LogP contribution in [0.3, 0.4) is 0 Å². The highest BCUT2D eigenvalue weighted by atomic mass is 32.1. The molecule has 0 saturated carbocycles. The molecule has 1 aliphatic carbocycles. The van der Waals surface area contributed by atoms with Crippen molar-refractivity contribution < 1.29 is 9.53 Å². The molecule has 0 radical (unpaired) electrons. The number of rotatable bonds is 8. The first-order valence-corrected chi connectivity index (χ1v) is 13.7. The molecule has 6 rings (SSSR count). The number of carbonyl (C=O) groups is 1. The molecule has 1 unspecified atom stereocenters. The zero-order valence-electron chi connectivity index (χ0n) is 21.1. The fourth-order valence-corrected chi connectivity index (χ4v) is 5.86. The van der Waals surface area contributed by atoms with Crippen LogP contribution in [0, 0.1) is 0 Å². The first-order chi connectivity index (χ1) is 18.7. The Morgan fingerprint density at radius 3 is 2.37 bits per heavy atom. The van der Waals surface area contributed by atoms with Gasteiger partial charge in [0.2, 0.25) is 5.78 Å². The topological polar surface area (TPSA) is 38.7 Å². The number of hydrogen-bond acceptors (Lipinski definition) is 4. The van der Waals surface area contributed by atoms with Gasteiger partial charge in [-0.2, -0.15) is 0 Å². The number of hydrogen-bond donors (Lipinski definition) is 0. The minimum atomic E-state index is -0.510. The SMILES string of the molecule is CC(Oc1cccc2c1Cc1ccccc1-2)C(=NCc1ccccc1)C(=O)c1cc(-c2ccccc2)cs1. The summed E-state index contributed by atoms with van der Waals surface area (Å²) < 4.78 is 6.53. The van der Waals surface area contributed by atoms with E-state index in [4.69, 9.17) is 9.73 Å². The average Bonchev–Trinajstić information content (AvgIpc) is 3.60. The minimum Gasteiger partial charge on any atom is -0.484 e. The number of fused-ring (bicyclic) bond motifs is 3. The predicted molar refractivity (Wildman–Crippen MR) is 156 cm³/mol. The van der Waals surface area contributed by atoms with Crippen LogP contribution in [0.25, 0.3) is 22.3 Å². The number of benzene rings is 4. The van der Waals surface area contributed by atoms with Crippen molar-refractivity contribution in [1.82, 2.24) is 0 Å². The zero-order chi connectivity index (χ0) is 25.9. The molecule has 0 N–H and O–H groups in total. The van der Waals surface area contributed by atoms with Crippen LogP contribution in [0.4, 0.5) is 0 Å².